The van der Waals surface area contributed by atoms with Crippen LogP contribution in [0, 0.1) is 0 Å². The van der Waals surface area contributed by atoms with Crippen molar-refractivity contribution in [2.75, 3.05) is 5.32 Å². The van der Waals surface area contributed by atoms with Gasteiger partial charge in [0.2, 0.25) is 0 Å². The molecule has 5 nitrogen and oxygen atoms in total. The standard InChI is InChI=1S/C20H15F3N2O3S/c1-11(19(27)28)29-17-10-13(12-6-2-4-8-15(12)24-17)18(26)25-16-9-5-3-7-14(16)20(21,22)23/h2-11H,1H3,(H,25,26)(H,27,28)/t11-/m0/s1. The zero-order valence-electron chi connectivity index (χ0n) is 15.0. The minimum absolute atomic E-state index is 0.104. The lowest BCUT2D eigenvalue weighted by Gasteiger charge is -2.15. The molecular formula is C20H15F3N2O3S. The van der Waals surface area contributed by atoms with Crippen molar-refractivity contribution in [1.29, 1.82) is 0 Å². The predicted molar refractivity (Wildman–Crippen MR) is 104 cm³/mol. The van der Waals surface area contributed by atoms with Crippen molar-refractivity contribution in [3.8, 4) is 0 Å². The Morgan fingerprint density at radius 1 is 1.10 bits per heavy atom. The molecule has 0 fully saturated rings. The van der Waals surface area contributed by atoms with Gasteiger partial charge in [-0.2, -0.15) is 13.2 Å². The number of carboxylic acid groups (broad SMARTS) is 1. The second kappa shape index (κ2) is 8.12. The number of hydrogen-bond donors (Lipinski definition) is 2. The van der Waals surface area contributed by atoms with Crippen LogP contribution in [0.5, 0.6) is 0 Å². The molecule has 2 N–H and O–H groups in total. The summed E-state index contributed by atoms with van der Waals surface area (Å²) in [5.74, 6) is -1.79. The van der Waals surface area contributed by atoms with E-state index in [1.165, 1.54) is 31.2 Å². The molecular weight excluding hydrogens is 405 g/mol. The molecule has 1 heterocycles. The third kappa shape index (κ3) is 4.68. The van der Waals surface area contributed by atoms with Gasteiger partial charge in [0.15, 0.2) is 0 Å². The number of carbonyl (C=O) groups is 2. The van der Waals surface area contributed by atoms with Gasteiger partial charge in [0, 0.05) is 5.39 Å². The van der Waals surface area contributed by atoms with Gasteiger partial charge in [-0.25, -0.2) is 4.98 Å². The summed E-state index contributed by atoms with van der Waals surface area (Å²) < 4.78 is 39.7. The van der Waals surface area contributed by atoms with Crippen molar-refractivity contribution in [3.63, 3.8) is 0 Å². The normalized spacial score (nSPS) is 12.6. The minimum atomic E-state index is -4.62. The highest BCUT2D eigenvalue weighted by atomic mass is 32.2. The highest BCUT2D eigenvalue weighted by Crippen LogP contribution is 2.35. The molecule has 2 aromatic carbocycles. The van der Waals surface area contributed by atoms with Crippen LogP contribution in [0.15, 0.2) is 59.6 Å². The Balaban J connectivity index is 2.03. The molecule has 1 atom stereocenters. The number of pyridine rings is 1. The SMILES string of the molecule is C[C@H](Sc1cc(C(=O)Nc2ccccc2C(F)(F)F)c2ccccc2n1)C(=O)O. The maximum atomic E-state index is 13.2. The van der Waals surface area contributed by atoms with Crippen molar-refractivity contribution in [1.82, 2.24) is 4.98 Å². The number of carboxylic acids is 1. The molecule has 29 heavy (non-hydrogen) atoms. The first-order valence-electron chi connectivity index (χ1n) is 8.43. The van der Waals surface area contributed by atoms with Gasteiger partial charge in [-0.1, -0.05) is 42.1 Å². The van der Waals surface area contributed by atoms with Gasteiger partial charge in [-0.15, -0.1) is 0 Å². The zero-order chi connectivity index (χ0) is 21.2. The van der Waals surface area contributed by atoms with Crippen LogP contribution in [-0.2, 0) is 11.0 Å². The molecule has 0 radical (unpaired) electrons. The van der Waals surface area contributed by atoms with Crippen LogP contribution < -0.4 is 5.32 Å². The van der Waals surface area contributed by atoms with E-state index >= 15 is 0 Å². The van der Waals surface area contributed by atoms with Crippen molar-refractivity contribution in [2.45, 2.75) is 23.4 Å². The number of halogens is 3. The Hall–Kier alpha value is -3.07. The number of aliphatic carboxylic acids is 1. The van der Waals surface area contributed by atoms with E-state index in [0.717, 1.165) is 17.8 Å². The highest BCUT2D eigenvalue weighted by molar-refractivity contribution is 8.00. The highest BCUT2D eigenvalue weighted by Gasteiger charge is 2.33. The molecule has 150 valence electrons. The molecule has 0 saturated carbocycles. The average Bonchev–Trinajstić information content (AvgIpc) is 2.66. The Kier molecular flexibility index (Phi) is 5.78. The van der Waals surface area contributed by atoms with Crippen molar-refractivity contribution < 1.29 is 27.9 Å². The monoisotopic (exact) mass is 420 g/mol. The van der Waals surface area contributed by atoms with Crippen LogP contribution in [0.1, 0.15) is 22.8 Å². The summed E-state index contributed by atoms with van der Waals surface area (Å²) in [6, 6.07) is 12.7. The molecule has 0 bridgehead atoms. The number of hydrogen-bond acceptors (Lipinski definition) is 4. The van der Waals surface area contributed by atoms with Crippen LogP contribution in [0.25, 0.3) is 10.9 Å². The summed E-state index contributed by atoms with van der Waals surface area (Å²) in [6.07, 6.45) is -4.62. The van der Waals surface area contributed by atoms with E-state index < -0.39 is 28.9 Å². The smallest absolute Gasteiger partial charge is 0.418 e. The molecule has 9 heteroatoms. The Labute approximate surface area is 168 Å². The fraction of sp³-hybridized carbons (Fsp3) is 0.150. The van der Waals surface area contributed by atoms with E-state index in [2.05, 4.69) is 10.3 Å². The number of rotatable bonds is 5. The number of carbonyl (C=O) groups excluding carboxylic acids is 1. The van der Waals surface area contributed by atoms with E-state index in [0.29, 0.717) is 10.9 Å². The van der Waals surface area contributed by atoms with Gasteiger partial charge in [0.1, 0.15) is 5.25 Å². The minimum Gasteiger partial charge on any atom is -0.480 e. The molecule has 3 rings (SSSR count). The van der Waals surface area contributed by atoms with E-state index in [9.17, 15) is 22.8 Å². The third-order valence-electron chi connectivity index (χ3n) is 4.06. The molecule has 0 saturated heterocycles. The first-order valence-corrected chi connectivity index (χ1v) is 9.31. The number of amides is 1. The van der Waals surface area contributed by atoms with Crippen LogP contribution in [0.4, 0.5) is 18.9 Å². The number of fused-ring (bicyclic) bond motifs is 1. The summed E-state index contributed by atoms with van der Waals surface area (Å²) in [5.41, 5.74) is -0.781. The van der Waals surface area contributed by atoms with Crippen LogP contribution in [0.2, 0.25) is 0 Å². The number of alkyl halides is 3. The van der Waals surface area contributed by atoms with E-state index in [1.807, 2.05) is 0 Å². The van der Waals surface area contributed by atoms with Gasteiger partial charge in [-0.05, 0) is 31.2 Å². The fourth-order valence-electron chi connectivity index (χ4n) is 2.66. The van der Waals surface area contributed by atoms with Gasteiger partial charge < -0.3 is 10.4 Å². The zero-order valence-corrected chi connectivity index (χ0v) is 15.8. The first kappa shape index (κ1) is 20.7. The maximum absolute atomic E-state index is 13.2. The number of para-hydroxylation sites is 2. The Bertz CT molecular complexity index is 1090. The number of aromatic nitrogens is 1. The maximum Gasteiger partial charge on any atom is 0.418 e. The Morgan fingerprint density at radius 2 is 1.76 bits per heavy atom. The van der Waals surface area contributed by atoms with Crippen molar-refractivity contribution in [3.05, 3.63) is 65.7 Å². The van der Waals surface area contributed by atoms with Crippen LogP contribution in [-0.4, -0.2) is 27.2 Å². The van der Waals surface area contributed by atoms with Gasteiger partial charge >= 0.3 is 12.1 Å². The molecule has 3 aromatic rings. The second-order valence-corrected chi connectivity index (χ2v) is 7.48. The first-order chi connectivity index (χ1) is 13.7. The number of nitrogens with one attached hydrogen (secondary N) is 1. The molecule has 0 spiro atoms. The van der Waals surface area contributed by atoms with Crippen LogP contribution >= 0.6 is 11.8 Å². The van der Waals surface area contributed by atoms with Crippen LogP contribution in [0.3, 0.4) is 0 Å². The van der Waals surface area contributed by atoms with Crippen molar-refractivity contribution in [2.24, 2.45) is 0 Å². The molecule has 0 aliphatic carbocycles. The lowest BCUT2D eigenvalue weighted by Crippen LogP contribution is -2.17. The summed E-state index contributed by atoms with van der Waals surface area (Å²) in [7, 11) is 0. The van der Waals surface area contributed by atoms with Gasteiger partial charge in [0.25, 0.3) is 5.91 Å². The third-order valence-corrected chi connectivity index (χ3v) is 5.07. The topological polar surface area (TPSA) is 79.3 Å². The van der Waals surface area contributed by atoms with Crippen molar-refractivity contribution >= 4 is 40.2 Å². The van der Waals surface area contributed by atoms with E-state index in [-0.39, 0.29) is 16.3 Å². The Morgan fingerprint density at radius 3 is 2.45 bits per heavy atom. The predicted octanol–water partition coefficient (Wildman–Crippen LogP) is 5.07. The number of anilines is 1. The number of thioether (sulfide) groups is 1. The average molecular weight is 420 g/mol. The van der Waals surface area contributed by atoms with E-state index in [4.69, 9.17) is 5.11 Å². The summed E-state index contributed by atoms with van der Waals surface area (Å²) >= 11 is 0.941. The lowest BCUT2D eigenvalue weighted by atomic mass is 10.1. The number of nitrogens with zero attached hydrogens (tertiary/aromatic N) is 1. The second-order valence-electron chi connectivity index (χ2n) is 6.12. The summed E-state index contributed by atoms with van der Waals surface area (Å²) in [5, 5.41) is 11.3. The molecule has 0 aliphatic rings. The van der Waals surface area contributed by atoms with E-state index in [1.54, 1.807) is 24.3 Å². The molecule has 0 aliphatic heterocycles. The lowest BCUT2D eigenvalue weighted by molar-refractivity contribution is -0.137. The van der Waals surface area contributed by atoms with Gasteiger partial charge in [-0.3, -0.25) is 9.59 Å². The quantitative estimate of drug-likeness (QED) is 0.564. The molecule has 1 amide bonds. The number of benzene rings is 2. The largest absolute Gasteiger partial charge is 0.480 e. The summed E-state index contributed by atoms with van der Waals surface area (Å²) in [4.78, 5) is 28.3. The summed E-state index contributed by atoms with van der Waals surface area (Å²) in [6.45, 7) is 1.48. The van der Waals surface area contributed by atoms with Gasteiger partial charge in [0.05, 0.1) is 27.4 Å². The molecule has 1 aromatic heterocycles. The molecule has 0 unspecified atom stereocenters. The fourth-order valence-corrected chi connectivity index (χ4v) is 3.46.